The van der Waals surface area contributed by atoms with E-state index >= 15 is 0 Å². The molecule has 5 nitrogen and oxygen atoms in total. The van der Waals surface area contributed by atoms with Crippen molar-refractivity contribution >= 4 is 28.9 Å². The Morgan fingerprint density at radius 1 is 1.17 bits per heavy atom. The summed E-state index contributed by atoms with van der Waals surface area (Å²) >= 11 is 6.05. The molecule has 2 aromatic rings. The summed E-state index contributed by atoms with van der Waals surface area (Å²) in [5.74, 6) is 1.06. The minimum atomic E-state index is -0.187. The summed E-state index contributed by atoms with van der Waals surface area (Å²) in [4.78, 5) is 12.1. The maximum atomic E-state index is 12.1. The van der Waals surface area contributed by atoms with Gasteiger partial charge in [0.15, 0.2) is 0 Å². The van der Waals surface area contributed by atoms with E-state index in [9.17, 15) is 4.79 Å². The fourth-order valence-electron chi connectivity index (χ4n) is 2.04. The Bertz CT molecular complexity index is 704. The van der Waals surface area contributed by atoms with Crippen molar-refractivity contribution in [3.05, 3.63) is 47.0 Å². The maximum absolute atomic E-state index is 12.1. The van der Waals surface area contributed by atoms with Gasteiger partial charge in [-0.2, -0.15) is 0 Å². The van der Waals surface area contributed by atoms with Crippen molar-refractivity contribution in [2.45, 2.75) is 6.92 Å². The van der Waals surface area contributed by atoms with Crippen LogP contribution in [-0.4, -0.2) is 26.7 Å². The molecule has 0 aliphatic rings. The molecule has 0 radical (unpaired) electrons. The Labute approximate surface area is 140 Å². The van der Waals surface area contributed by atoms with Gasteiger partial charge in [0.25, 0.3) is 0 Å². The van der Waals surface area contributed by atoms with Gasteiger partial charge in [-0.1, -0.05) is 17.7 Å². The van der Waals surface area contributed by atoms with Gasteiger partial charge in [-0.3, -0.25) is 4.79 Å². The highest BCUT2D eigenvalue weighted by atomic mass is 35.5. The van der Waals surface area contributed by atoms with E-state index in [4.69, 9.17) is 21.1 Å². The van der Waals surface area contributed by atoms with Gasteiger partial charge in [-0.25, -0.2) is 0 Å². The average Bonchev–Trinajstić information content (AvgIpc) is 2.56. The van der Waals surface area contributed by atoms with Gasteiger partial charge >= 0.3 is 0 Å². The summed E-state index contributed by atoms with van der Waals surface area (Å²) in [5.41, 5.74) is 2.26. The van der Waals surface area contributed by atoms with E-state index < -0.39 is 0 Å². The Balaban J connectivity index is 2.01. The number of rotatable bonds is 6. The van der Waals surface area contributed by atoms with Crippen LogP contribution < -0.4 is 20.1 Å². The first-order valence-electron chi connectivity index (χ1n) is 7.05. The number of aryl methyl sites for hydroxylation is 1. The standard InChI is InChI=1S/C17H19ClN2O3/c1-11-7-15(16(23-3)9-14(11)18)20-17(21)10-19-12-5-4-6-13(8-12)22-2/h4-9,19H,10H2,1-3H3,(H,20,21). The Morgan fingerprint density at radius 2 is 1.96 bits per heavy atom. The normalized spacial score (nSPS) is 10.1. The largest absolute Gasteiger partial charge is 0.497 e. The number of hydrogen-bond acceptors (Lipinski definition) is 4. The Morgan fingerprint density at radius 3 is 2.65 bits per heavy atom. The first kappa shape index (κ1) is 17.0. The van der Waals surface area contributed by atoms with Crippen LogP contribution in [-0.2, 0) is 4.79 Å². The molecule has 0 atom stereocenters. The predicted octanol–water partition coefficient (Wildman–Crippen LogP) is 3.72. The molecular weight excluding hydrogens is 316 g/mol. The second kappa shape index (κ2) is 7.74. The zero-order valence-electron chi connectivity index (χ0n) is 13.3. The third-order valence-corrected chi connectivity index (χ3v) is 3.68. The lowest BCUT2D eigenvalue weighted by atomic mass is 10.2. The molecule has 6 heteroatoms. The number of ether oxygens (including phenoxy) is 2. The van der Waals surface area contributed by atoms with E-state index in [1.54, 1.807) is 19.2 Å². The number of anilines is 2. The average molecular weight is 335 g/mol. The van der Waals surface area contributed by atoms with Gasteiger partial charge in [0.2, 0.25) is 5.91 Å². The molecule has 23 heavy (non-hydrogen) atoms. The van der Waals surface area contributed by atoms with Crippen LogP contribution >= 0.6 is 11.6 Å². The molecule has 0 saturated heterocycles. The van der Waals surface area contributed by atoms with Crippen LogP contribution in [0.4, 0.5) is 11.4 Å². The molecule has 2 aromatic carbocycles. The summed E-state index contributed by atoms with van der Waals surface area (Å²) in [6.45, 7) is 1.99. The smallest absolute Gasteiger partial charge is 0.243 e. The molecule has 0 aromatic heterocycles. The van der Waals surface area contributed by atoms with Crippen molar-refractivity contribution in [2.75, 3.05) is 31.4 Å². The van der Waals surface area contributed by atoms with Crippen molar-refractivity contribution in [2.24, 2.45) is 0 Å². The number of benzene rings is 2. The number of carbonyl (C=O) groups excluding carboxylic acids is 1. The topological polar surface area (TPSA) is 59.6 Å². The molecular formula is C17H19ClN2O3. The van der Waals surface area contributed by atoms with Crippen LogP contribution in [0.2, 0.25) is 5.02 Å². The van der Waals surface area contributed by atoms with Crippen molar-refractivity contribution in [3.63, 3.8) is 0 Å². The highest BCUT2D eigenvalue weighted by Crippen LogP contribution is 2.30. The lowest BCUT2D eigenvalue weighted by Gasteiger charge is -2.13. The number of hydrogen-bond donors (Lipinski definition) is 2. The zero-order valence-corrected chi connectivity index (χ0v) is 14.0. The molecule has 0 bridgehead atoms. The summed E-state index contributed by atoms with van der Waals surface area (Å²) < 4.78 is 10.4. The van der Waals surface area contributed by atoms with Gasteiger partial charge < -0.3 is 20.1 Å². The lowest BCUT2D eigenvalue weighted by Crippen LogP contribution is -2.22. The predicted molar refractivity (Wildman–Crippen MR) is 92.9 cm³/mol. The van der Waals surface area contributed by atoms with Gasteiger partial charge in [0.05, 0.1) is 26.5 Å². The number of carbonyl (C=O) groups is 1. The van der Waals surface area contributed by atoms with Gasteiger partial charge in [-0.05, 0) is 30.7 Å². The molecule has 122 valence electrons. The summed E-state index contributed by atoms with van der Waals surface area (Å²) in [5, 5.41) is 6.45. The number of halogens is 1. The Kier molecular flexibility index (Phi) is 5.71. The molecule has 0 fully saturated rings. The van der Waals surface area contributed by atoms with E-state index in [0.717, 1.165) is 17.0 Å². The molecule has 0 spiro atoms. The Hall–Kier alpha value is -2.40. The monoisotopic (exact) mass is 334 g/mol. The fourth-order valence-corrected chi connectivity index (χ4v) is 2.19. The van der Waals surface area contributed by atoms with E-state index in [2.05, 4.69) is 10.6 Å². The fraction of sp³-hybridized carbons (Fsp3) is 0.235. The first-order chi connectivity index (χ1) is 11.0. The van der Waals surface area contributed by atoms with Gasteiger partial charge in [-0.15, -0.1) is 0 Å². The van der Waals surface area contributed by atoms with Crippen molar-refractivity contribution in [1.82, 2.24) is 0 Å². The zero-order chi connectivity index (χ0) is 16.8. The van der Waals surface area contributed by atoms with Gasteiger partial charge in [0, 0.05) is 22.8 Å². The molecule has 0 unspecified atom stereocenters. The minimum absolute atomic E-state index is 0.123. The second-order valence-electron chi connectivity index (χ2n) is 4.94. The molecule has 2 N–H and O–H groups in total. The molecule has 0 aliphatic carbocycles. The number of methoxy groups -OCH3 is 2. The summed E-state index contributed by atoms with van der Waals surface area (Å²) in [6.07, 6.45) is 0. The van der Waals surface area contributed by atoms with Crippen LogP contribution in [0.3, 0.4) is 0 Å². The highest BCUT2D eigenvalue weighted by molar-refractivity contribution is 6.31. The van der Waals surface area contributed by atoms with Gasteiger partial charge in [0.1, 0.15) is 11.5 Å². The van der Waals surface area contributed by atoms with Crippen LogP contribution in [0, 0.1) is 6.92 Å². The van der Waals surface area contributed by atoms with E-state index in [0.29, 0.717) is 16.5 Å². The SMILES string of the molecule is COc1cccc(NCC(=O)Nc2cc(C)c(Cl)cc2OC)c1. The van der Waals surface area contributed by atoms with Crippen molar-refractivity contribution in [3.8, 4) is 11.5 Å². The highest BCUT2D eigenvalue weighted by Gasteiger charge is 2.10. The molecule has 1 amide bonds. The van der Waals surface area contributed by atoms with E-state index in [-0.39, 0.29) is 12.5 Å². The second-order valence-corrected chi connectivity index (χ2v) is 5.34. The third kappa shape index (κ3) is 4.53. The van der Waals surface area contributed by atoms with E-state index in [1.807, 2.05) is 31.2 Å². The van der Waals surface area contributed by atoms with Crippen LogP contribution in [0.25, 0.3) is 0 Å². The quantitative estimate of drug-likeness (QED) is 0.845. The van der Waals surface area contributed by atoms with Crippen molar-refractivity contribution < 1.29 is 14.3 Å². The lowest BCUT2D eigenvalue weighted by molar-refractivity contribution is -0.114. The number of nitrogens with one attached hydrogen (secondary N) is 2. The molecule has 0 heterocycles. The molecule has 0 saturated carbocycles. The first-order valence-corrected chi connectivity index (χ1v) is 7.43. The summed E-state index contributed by atoms with van der Waals surface area (Å²) in [7, 11) is 3.13. The third-order valence-electron chi connectivity index (χ3n) is 3.28. The van der Waals surface area contributed by atoms with Crippen LogP contribution in [0.5, 0.6) is 11.5 Å². The number of amides is 1. The molecule has 2 rings (SSSR count). The van der Waals surface area contributed by atoms with E-state index in [1.165, 1.54) is 7.11 Å². The van der Waals surface area contributed by atoms with Crippen molar-refractivity contribution in [1.29, 1.82) is 0 Å². The maximum Gasteiger partial charge on any atom is 0.243 e. The summed E-state index contributed by atoms with van der Waals surface area (Å²) in [6, 6.07) is 10.8. The minimum Gasteiger partial charge on any atom is -0.497 e. The van der Waals surface area contributed by atoms with Crippen LogP contribution in [0.1, 0.15) is 5.56 Å². The molecule has 0 aliphatic heterocycles. The van der Waals surface area contributed by atoms with Crippen LogP contribution in [0.15, 0.2) is 36.4 Å².